The van der Waals surface area contributed by atoms with Crippen LogP contribution in [0.25, 0.3) is 0 Å². The average molecular weight is 628 g/mol. The van der Waals surface area contributed by atoms with Gasteiger partial charge in [0.1, 0.15) is 6.04 Å². The van der Waals surface area contributed by atoms with Crippen LogP contribution in [0.4, 0.5) is 0 Å². The maximum atomic E-state index is 14.7. The number of halogens is 1. The van der Waals surface area contributed by atoms with Gasteiger partial charge in [0.25, 0.3) is 0 Å². The zero-order valence-electron chi connectivity index (χ0n) is 24.3. The number of alkyl halides is 1. The number of thioether (sulfide) groups is 1. The molecule has 0 aromatic rings. The first kappa shape index (κ1) is 32.2. The molecule has 39 heavy (non-hydrogen) atoms. The lowest BCUT2D eigenvalue weighted by atomic mass is 9.70. The van der Waals surface area contributed by atoms with Gasteiger partial charge in [-0.1, -0.05) is 48.9 Å². The van der Waals surface area contributed by atoms with Crippen LogP contribution in [0.5, 0.6) is 0 Å². The van der Waals surface area contributed by atoms with Gasteiger partial charge in [0, 0.05) is 35.3 Å². The second kappa shape index (κ2) is 12.7. The van der Waals surface area contributed by atoms with E-state index in [1.807, 2.05) is 4.90 Å². The monoisotopic (exact) mass is 626 g/mol. The number of aliphatic hydroxyl groups excluding tert-OH is 1. The molecule has 0 aromatic carbocycles. The zero-order valence-corrected chi connectivity index (χ0v) is 26.7. The van der Waals surface area contributed by atoms with Gasteiger partial charge in [-0.2, -0.15) is 0 Å². The highest BCUT2D eigenvalue weighted by Crippen LogP contribution is 2.68. The minimum Gasteiger partial charge on any atom is -0.465 e. The summed E-state index contributed by atoms with van der Waals surface area (Å²) >= 11 is 5.44. The number of carbonyl (C=O) groups is 3. The maximum Gasteiger partial charge on any atom is 0.310 e. The van der Waals surface area contributed by atoms with Crippen molar-refractivity contribution in [1.82, 2.24) is 9.80 Å². The minimum atomic E-state index is -0.714. The van der Waals surface area contributed by atoms with Gasteiger partial charge in [-0.15, -0.1) is 24.9 Å². The summed E-state index contributed by atoms with van der Waals surface area (Å²) in [4.78, 5) is 45.9. The summed E-state index contributed by atoms with van der Waals surface area (Å²) < 4.78 is 4.96. The highest BCUT2D eigenvalue weighted by molar-refractivity contribution is 9.09. The third kappa shape index (κ3) is 6.45. The predicted octanol–water partition coefficient (Wildman–Crippen LogP) is 4.96. The molecular formula is C30H47BrN2O5S. The fraction of sp³-hybridized carbons (Fsp3) is 0.767. The van der Waals surface area contributed by atoms with E-state index < -0.39 is 28.2 Å². The average Bonchev–Trinajstić information content (AvgIpc) is 3.42. The third-order valence-electron chi connectivity index (χ3n) is 8.17. The molecule has 7 nitrogen and oxygen atoms in total. The van der Waals surface area contributed by atoms with E-state index >= 15 is 0 Å². The minimum absolute atomic E-state index is 0.000376. The van der Waals surface area contributed by atoms with Crippen molar-refractivity contribution in [2.24, 2.45) is 17.3 Å². The zero-order chi connectivity index (χ0) is 29.2. The van der Waals surface area contributed by atoms with Gasteiger partial charge in [-0.05, 0) is 57.8 Å². The highest BCUT2D eigenvalue weighted by Gasteiger charge is 2.76. The number of hydrogen-bond acceptors (Lipinski definition) is 6. The highest BCUT2D eigenvalue weighted by atomic mass is 79.9. The van der Waals surface area contributed by atoms with Gasteiger partial charge in [0.05, 0.1) is 23.2 Å². The lowest BCUT2D eigenvalue weighted by Gasteiger charge is -2.46. The molecule has 3 aliphatic heterocycles. The lowest BCUT2D eigenvalue weighted by molar-refractivity contribution is -0.154. The molecular weight excluding hydrogens is 580 g/mol. The molecule has 1 spiro atoms. The molecule has 220 valence electrons. The number of hydrogen-bond donors (Lipinski definition) is 1. The van der Waals surface area contributed by atoms with Crippen LogP contribution in [-0.2, 0) is 19.1 Å². The first-order chi connectivity index (χ1) is 18.3. The van der Waals surface area contributed by atoms with E-state index in [4.69, 9.17) is 4.74 Å². The number of nitrogens with zero attached hydrogens (tertiary/aromatic N) is 2. The Hall–Kier alpha value is -1.32. The van der Waals surface area contributed by atoms with E-state index in [0.29, 0.717) is 38.8 Å². The molecule has 3 unspecified atom stereocenters. The fourth-order valence-corrected chi connectivity index (χ4v) is 10.7. The molecule has 1 N–H and O–H groups in total. The molecule has 0 aliphatic carbocycles. The summed E-state index contributed by atoms with van der Waals surface area (Å²) in [6, 6.07) is -0.693. The van der Waals surface area contributed by atoms with Crippen molar-refractivity contribution in [2.75, 3.05) is 26.3 Å². The van der Waals surface area contributed by atoms with E-state index in [2.05, 4.69) is 63.7 Å². The first-order valence-electron chi connectivity index (χ1n) is 14.2. The molecule has 0 aromatic heterocycles. The Balaban J connectivity index is 2.02. The van der Waals surface area contributed by atoms with Crippen LogP contribution in [0, 0.1) is 17.3 Å². The molecule has 2 bridgehead atoms. The van der Waals surface area contributed by atoms with Crippen LogP contribution in [0.1, 0.15) is 73.1 Å². The van der Waals surface area contributed by atoms with Crippen molar-refractivity contribution in [3.05, 3.63) is 25.3 Å². The lowest BCUT2D eigenvalue weighted by Crippen LogP contribution is -2.60. The SMILES string of the molecule is C=CCCCOC(=O)[C@H]1[C@H]2C(=O)N(CCCCO)C(C(=O)N(CC=C)C(C)(C)CC(C)(C)C)C23CC(Br)[C@@H]1S3. The number of rotatable bonds is 14. The smallest absolute Gasteiger partial charge is 0.310 e. The number of aliphatic hydroxyl groups is 1. The second-order valence-electron chi connectivity index (χ2n) is 13.0. The Morgan fingerprint density at radius 1 is 1.21 bits per heavy atom. The van der Waals surface area contributed by atoms with Crippen LogP contribution in [0.15, 0.2) is 25.3 Å². The van der Waals surface area contributed by atoms with Gasteiger partial charge in [0.2, 0.25) is 11.8 Å². The summed E-state index contributed by atoms with van der Waals surface area (Å²) in [5.74, 6) is -1.77. The third-order valence-corrected chi connectivity index (χ3v) is 11.4. The van der Waals surface area contributed by atoms with Crippen molar-refractivity contribution in [3.63, 3.8) is 0 Å². The second-order valence-corrected chi connectivity index (χ2v) is 15.7. The van der Waals surface area contributed by atoms with E-state index in [-0.39, 0.29) is 46.5 Å². The molecule has 9 heteroatoms. The number of allylic oxidation sites excluding steroid dienone is 1. The number of ether oxygens (including phenoxy) is 1. The number of unbranched alkanes of at least 4 members (excludes halogenated alkanes) is 2. The predicted molar refractivity (Wildman–Crippen MR) is 161 cm³/mol. The van der Waals surface area contributed by atoms with Gasteiger partial charge >= 0.3 is 5.97 Å². The molecule has 2 amide bonds. The van der Waals surface area contributed by atoms with Crippen molar-refractivity contribution < 1.29 is 24.2 Å². The van der Waals surface area contributed by atoms with Crippen LogP contribution in [0.3, 0.4) is 0 Å². The number of amides is 2. The first-order valence-corrected chi connectivity index (χ1v) is 16.0. The summed E-state index contributed by atoms with van der Waals surface area (Å²) in [6.07, 6.45) is 7.52. The Morgan fingerprint density at radius 3 is 2.49 bits per heavy atom. The van der Waals surface area contributed by atoms with Gasteiger partial charge < -0.3 is 19.6 Å². The van der Waals surface area contributed by atoms with Crippen LogP contribution >= 0.6 is 27.7 Å². The summed E-state index contributed by atoms with van der Waals surface area (Å²) in [5.41, 5.74) is -0.491. The Bertz CT molecular complexity index is 950. The quantitative estimate of drug-likeness (QED) is 0.127. The van der Waals surface area contributed by atoms with Crippen LogP contribution in [-0.4, -0.2) is 85.4 Å². The number of likely N-dealkylation sites (tertiary alicyclic amines) is 1. The Labute approximate surface area is 247 Å². The largest absolute Gasteiger partial charge is 0.465 e. The Morgan fingerprint density at radius 2 is 1.90 bits per heavy atom. The molecule has 3 heterocycles. The number of carbonyl (C=O) groups excluding carboxylic acids is 3. The van der Waals surface area contributed by atoms with Crippen molar-refractivity contribution in [2.45, 2.75) is 99.5 Å². The Kier molecular flexibility index (Phi) is 10.5. The summed E-state index contributed by atoms with van der Waals surface area (Å²) in [5, 5.41) is 9.29. The molecule has 3 rings (SSSR count). The maximum absolute atomic E-state index is 14.7. The molecule has 0 saturated carbocycles. The van der Waals surface area contributed by atoms with E-state index in [0.717, 1.165) is 12.8 Å². The van der Waals surface area contributed by atoms with Crippen molar-refractivity contribution >= 4 is 45.5 Å². The van der Waals surface area contributed by atoms with Crippen LogP contribution in [0.2, 0.25) is 0 Å². The van der Waals surface area contributed by atoms with Gasteiger partial charge in [-0.3, -0.25) is 14.4 Å². The molecule has 3 fully saturated rings. The van der Waals surface area contributed by atoms with Gasteiger partial charge in [0.15, 0.2) is 0 Å². The van der Waals surface area contributed by atoms with E-state index in [1.165, 1.54) is 0 Å². The molecule has 3 aliphatic rings. The summed E-state index contributed by atoms with van der Waals surface area (Å²) in [6.45, 7) is 19.4. The van der Waals surface area contributed by atoms with Crippen LogP contribution < -0.4 is 0 Å². The van der Waals surface area contributed by atoms with Crippen molar-refractivity contribution in [1.29, 1.82) is 0 Å². The van der Waals surface area contributed by atoms with Gasteiger partial charge in [-0.25, -0.2) is 0 Å². The molecule has 0 radical (unpaired) electrons. The van der Waals surface area contributed by atoms with E-state index in [9.17, 15) is 19.5 Å². The van der Waals surface area contributed by atoms with Crippen molar-refractivity contribution in [3.8, 4) is 0 Å². The molecule has 6 atom stereocenters. The van der Waals surface area contributed by atoms with E-state index in [1.54, 1.807) is 28.8 Å². The molecule has 3 saturated heterocycles. The normalized spacial score (nSPS) is 29.9. The topological polar surface area (TPSA) is 87.1 Å². The number of fused-ring (bicyclic) bond motifs is 1. The standard InChI is InChI=1S/C30H47BrN2O5S/c1-8-10-13-17-38-27(37)21-22-25(35)32(15-11-12-16-34)24(30(22)18-20(31)23(21)39-30)26(36)33(14-9-2)29(6,7)19-28(3,4)5/h8-9,20-24,34H,1-2,10-19H2,3-7H3/t20?,21-,22-,23-,24?,30?/m0/s1. The summed E-state index contributed by atoms with van der Waals surface area (Å²) in [7, 11) is 0. The fourth-order valence-electron chi connectivity index (χ4n) is 7.11. The number of esters is 1.